The first kappa shape index (κ1) is 10.5. The lowest BCUT2D eigenvalue weighted by molar-refractivity contribution is 0.857. The Balaban J connectivity index is 3.29. The minimum absolute atomic E-state index is 1.23. The second kappa shape index (κ2) is 6.21. The monoisotopic (exact) mass is 152 g/mol. The maximum Gasteiger partial charge on any atom is -0.0345 e. The number of allylic oxidation sites excluding steroid dienone is 4. The molecule has 0 aliphatic rings. The van der Waals surface area contributed by atoms with Crippen LogP contribution in [0.3, 0.4) is 0 Å². The quantitative estimate of drug-likeness (QED) is 0.420. The van der Waals surface area contributed by atoms with Crippen molar-refractivity contribution >= 4 is 0 Å². The van der Waals surface area contributed by atoms with Crippen molar-refractivity contribution in [1.29, 1.82) is 0 Å². The standard InChI is InChI=1S/C11H20/c1-10(2)8-6-5-7-9-11(3)4/h8-9H,5-7H2,1-4H3. The Morgan fingerprint density at radius 3 is 1.45 bits per heavy atom. The molecule has 0 heteroatoms. The minimum Gasteiger partial charge on any atom is -0.0859 e. The molecule has 0 fully saturated rings. The van der Waals surface area contributed by atoms with E-state index in [1.807, 2.05) is 0 Å². The van der Waals surface area contributed by atoms with E-state index < -0.39 is 0 Å². The van der Waals surface area contributed by atoms with E-state index in [0.717, 1.165) is 0 Å². The highest BCUT2D eigenvalue weighted by Gasteiger charge is 1.82. The first-order chi connectivity index (χ1) is 5.13. The zero-order chi connectivity index (χ0) is 8.69. The Morgan fingerprint density at radius 2 is 1.18 bits per heavy atom. The van der Waals surface area contributed by atoms with Gasteiger partial charge in [0, 0.05) is 0 Å². The van der Waals surface area contributed by atoms with Gasteiger partial charge in [-0.05, 0) is 47.0 Å². The van der Waals surface area contributed by atoms with Crippen LogP contribution < -0.4 is 0 Å². The molecule has 0 unspecified atom stereocenters. The number of rotatable bonds is 4. The third kappa shape index (κ3) is 9.48. The fraction of sp³-hybridized carbons (Fsp3) is 0.636. The fourth-order valence-corrected chi connectivity index (χ4v) is 0.899. The van der Waals surface area contributed by atoms with Gasteiger partial charge in [0.1, 0.15) is 0 Å². The van der Waals surface area contributed by atoms with Crippen molar-refractivity contribution < 1.29 is 0 Å². The summed E-state index contributed by atoms with van der Waals surface area (Å²) in [6.07, 6.45) is 8.35. The lowest BCUT2D eigenvalue weighted by Gasteiger charge is -1.93. The molecule has 0 saturated heterocycles. The predicted molar refractivity (Wildman–Crippen MR) is 52.7 cm³/mol. The minimum atomic E-state index is 1.23. The van der Waals surface area contributed by atoms with Gasteiger partial charge in [0.05, 0.1) is 0 Å². The van der Waals surface area contributed by atoms with Crippen LogP contribution >= 0.6 is 0 Å². The molecule has 0 aromatic rings. The molecule has 0 nitrogen and oxygen atoms in total. The Hall–Kier alpha value is -0.520. The van der Waals surface area contributed by atoms with E-state index in [4.69, 9.17) is 0 Å². The van der Waals surface area contributed by atoms with E-state index in [1.165, 1.54) is 30.4 Å². The summed E-state index contributed by atoms with van der Waals surface area (Å²) in [4.78, 5) is 0. The molecule has 0 aromatic heterocycles. The molecule has 0 saturated carbocycles. The van der Waals surface area contributed by atoms with E-state index >= 15 is 0 Å². The zero-order valence-corrected chi connectivity index (χ0v) is 8.28. The Kier molecular flexibility index (Phi) is 5.91. The summed E-state index contributed by atoms with van der Waals surface area (Å²) in [6.45, 7) is 8.61. The van der Waals surface area contributed by atoms with E-state index in [9.17, 15) is 0 Å². The molecule has 0 rings (SSSR count). The first-order valence-electron chi connectivity index (χ1n) is 4.39. The van der Waals surface area contributed by atoms with Crippen LogP contribution in [0, 0.1) is 0 Å². The van der Waals surface area contributed by atoms with Crippen LogP contribution in [-0.2, 0) is 0 Å². The van der Waals surface area contributed by atoms with Crippen molar-refractivity contribution in [2.45, 2.75) is 47.0 Å². The van der Waals surface area contributed by atoms with Crippen molar-refractivity contribution in [3.63, 3.8) is 0 Å². The van der Waals surface area contributed by atoms with E-state index in [0.29, 0.717) is 0 Å². The largest absolute Gasteiger partial charge is 0.0859 e. The SMILES string of the molecule is CC(C)=CCCCC=C(C)C. The van der Waals surface area contributed by atoms with Crippen molar-refractivity contribution in [2.75, 3.05) is 0 Å². The van der Waals surface area contributed by atoms with Gasteiger partial charge in [0.2, 0.25) is 0 Å². The van der Waals surface area contributed by atoms with E-state index in [2.05, 4.69) is 39.8 Å². The molecule has 64 valence electrons. The predicted octanol–water partition coefficient (Wildman–Crippen LogP) is 4.09. The van der Waals surface area contributed by atoms with Gasteiger partial charge in [-0.2, -0.15) is 0 Å². The molecule has 0 radical (unpaired) electrons. The molecule has 0 spiro atoms. The van der Waals surface area contributed by atoms with Gasteiger partial charge in [0.25, 0.3) is 0 Å². The molecular weight excluding hydrogens is 132 g/mol. The summed E-state index contributed by atoms with van der Waals surface area (Å²) in [6, 6.07) is 0. The van der Waals surface area contributed by atoms with Crippen LogP contribution in [0.25, 0.3) is 0 Å². The smallest absolute Gasteiger partial charge is 0.0345 e. The normalized spacial score (nSPS) is 9.09. The topological polar surface area (TPSA) is 0 Å². The van der Waals surface area contributed by atoms with Gasteiger partial charge >= 0.3 is 0 Å². The van der Waals surface area contributed by atoms with Crippen molar-refractivity contribution in [3.8, 4) is 0 Å². The summed E-state index contributed by atoms with van der Waals surface area (Å²) in [5.41, 5.74) is 2.87. The number of unbranched alkanes of at least 4 members (excludes halogenated alkanes) is 2. The lowest BCUT2D eigenvalue weighted by atomic mass is 10.1. The summed E-state index contributed by atoms with van der Waals surface area (Å²) in [5.74, 6) is 0. The Bertz CT molecular complexity index is 123. The van der Waals surface area contributed by atoms with E-state index in [-0.39, 0.29) is 0 Å². The van der Waals surface area contributed by atoms with Gasteiger partial charge in [0.15, 0.2) is 0 Å². The highest BCUT2D eigenvalue weighted by molar-refractivity contribution is 4.95. The third-order valence-corrected chi connectivity index (χ3v) is 1.51. The molecule has 0 N–H and O–H groups in total. The van der Waals surface area contributed by atoms with Crippen molar-refractivity contribution in [3.05, 3.63) is 23.3 Å². The maximum atomic E-state index is 2.30. The molecule has 0 bridgehead atoms. The Morgan fingerprint density at radius 1 is 0.818 bits per heavy atom. The lowest BCUT2D eigenvalue weighted by Crippen LogP contribution is -1.72. The molecule has 0 aliphatic heterocycles. The van der Waals surface area contributed by atoms with Gasteiger partial charge in [-0.3, -0.25) is 0 Å². The second-order valence-corrected chi connectivity index (χ2v) is 3.49. The fourth-order valence-electron chi connectivity index (χ4n) is 0.899. The van der Waals surface area contributed by atoms with Crippen molar-refractivity contribution in [1.82, 2.24) is 0 Å². The molecule has 0 heterocycles. The highest BCUT2D eigenvalue weighted by Crippen LogP contribution is 2.03. The summed E-state index contributed by atoms with van der Waals surface area (Å²) < 4.78 is 0. The number of hydrogen-bond acceptors (Lipinski definition) is 0. The molecule has 0 aliphatic carbocycles. The summed E-state index contributed by atoms with van der Waals surface area (Å²) in [7, 11) is 0. The zero-order valence-electron chi connectivity index (χ0n) is 8.28. The van der Waals surface area contributed by atoms with Crippen LogP contribution in [0.4, 0.5) is 0 Å². The van der Waals surface area contributed by atoms with Crippen LogP contribution in [-0.4, -0.2) is 0 Å². The van der Waals surface area contributed by atoms with E-state index in [1.54, 1.807) is 0 Å². The molecule has 0 amide bonds. The second-order valence-electron chi connectivity index (χ2n) is 3.49. The number of hydrogen-bond donors (Lipinski definition) is 0. The van der Waals surface area contributed by atoms with Crippen LogP contribution in [0.5, 0.6) is 0 Å². The summed E-state index contributed by atoms with van der Waals surface area (Å²) >= 11 is 0. The summed E-state index contributed by atoms with van der Waals surface area (Å²) in [5, 5.41) is 0. The third-order valence-electron chi connectivity index (χ3n) is 1.51. The molecular formula is C11H20. The average Bonchev–Trinajstić information content (AvgIpc) is 1.85. The maximum absolute atomic E-state index is 2.30. The van der Waals surface area contributed by atoms with Gasteiger partial charge < -0.3 is 0 Å². The van der Waals surface area contributed by atoms with Crippen LogP contribution in [0.2, 0.25) is 0 Å². The Labute approximate surface area is 71.0 Å². The van der Waals surface area contributed by atoms with Gasteiger partial charge in [-0.25, -0.2) is 0 Å². The first-order valence-corrected chi connectivity index (χ1v) is 4.39. The molecule has 0 aromatic carbocycles. The molecule has 11 heavy (non-hydrogen) atoms. The molecule has 0 atom stereocenters. The van der Waals surface area contributed by atoms with Crippen LogP contribution in [0.1, 0.15) is 47.0 Å². The highest BCUT2D eigenvalue weighted by atomic mass is 13.9. The van der Waals surface area contributed by atoms with Crippen LogP contribution in [0.15, 0.2) is 23.3 Å². The van der Waals surface area contributed by atoms with Gasteiger partial charge in [-0.1, -0.05) is 23.3 Å². The van der Waals surface area contributed by atoms with Gasteiger partial charge in [-0.15, -0.1) is 0 Å². The average molecular weight is 152 g/mol. The van der Waals surface area contributed by atoms with Crippen molar-refractivity contribution in [2.24, 2.45) is 0 Å².